The van der Waals surface area contributed by atoms with Crippen LogP contribution >= 0.6 is 0 Å². The van der Waals surface area contributed by atoms with Crippen LogP contribution in [0.25, 0.3) is 0 Å². The van der Waals surface area contributed by atoms with Gasteiger partial charge in [-0.05, 0) is 44.4 Å². The number of ether oxygens (including phenoxy) is 1. The maximum Gasteiger partial charge on any atom is 0.123 e. The summed E-state index contributed by atoms with van der Waals surface area (Å²) in [6.07, 6.45) is 4.41. The summed E-state index contributed by atoms with van der Waals surface area (Å²) < 4.78 is 6.05. The Hall–Kier alpha value is -1.06. The summed E-state index contributed by atoms with van der Waals surface area (Å²) in [5.41, 5.74) is 2.63. The van der Waals surface area contributed by atoms with Gasteiger partial charge in [-0.15, -0.1) is 0 Å². The van der Waals surface area contributed by atoms with Gasteiger partial charge in [0, 0.05) is 18.4 Å². The van der Waals surface area contributed by atoms with E-state index < -0.39 is 0 Å². The molecule has 3 rings (SSSR count). The Morgan fingerprint density at radius 3 is 3.11 bits per heavy atom. The summed E-state index contributed by atoms with van der Waals surface area (Å²) >= 11 is 0. The van der Waals surface area contributed by atoms with E-state index in [1.54, 1.807) is 0 Å². The molecule has 2 heterocycles. The molecule has 0 aliphatic carbocycles. The zero-order valence-electron chi connectivity index (χ0n) is 11.6. The number of piperidine rings is 1. The van der Waals surface area contributed by atoms with Crippen molar-refractivity contribution < 1.29 is 9.84 Å². The third-order valence-electron chi connectivity index (χ3n) is 4.51. The predicted molar refractivity (Wildman–Crippen MR) is 75.5 cm³/mol. The zero-order valence-corrected chi connectivity index (χ0v) is 11.6. The topological polar surface area (TPSA) is 41.5 Å². The number of aliphatic hydroxyl groups excluding tert-OH is 1. The van der Waals surface area contributed by atoms with Crippen LogP contribution in [0.15, 0.2) is 18.2 Å². The first-order valence-electron chi connectivity index (χ1n) is 7.29. The molecule has 2 aliphatic rings. The van der Waals surface area contributed by atoms with Gasteiger partial charge in [0.15, 0.2) is 0 Å². The largest absolute Gasteiger partial charge is 0.490 e. The average molecular weight is 261 g/mol. The van der Waals surface area contributed by atoms with E-state index in [1.807, 2.05) is 0 Å². The molecule has 1 saturated heterocycles. The minimum Gasteiger partial charge on any atom is -0.490 e. The molecule has 0 aromatic heterocycles. The standard InChI is InChI=1S/C16H23NO2/c1-12-3-4-15-13(7-12)8-14(19-15)9-16(11-18)5-2-6-17-10-16/h3-4,7,14,17-18H,2,5-6,8-11H2,1H3. The summed E-state index contributed by atoms with van der Waals surface area (Å²) in [6.45, 7) is 4.37. The van der Waals surface area contributed by atoms with E-state index >= 15 is 0 Å². The van der Waals surface area contributed by atoms with Gasteiger partial charge in [0.1, 0.15) is 11.9 Å². The van der Waals surface area contributed by atoms with E-state index in [0.29, 0.717) is 0 Å². The van der Waals surface area contributed by atoms with Crippen molar-refractivity contribution in [3.63, 3.8) is 0 Å². The fraction of sp³-hybridized carbons (Fsp3) is 0.625. The SMILES string of the molecule is Cc1ccc2c(c1)CC(CC1(CO)CCCNC1)O2. The third-order valence-corrected chi connectivity index (χ3v) is 4.51. The minimum atomic E-state index is 0.0139. The number of rotatable bonds is 3. The van der Waals surface area contributed by atoms with Gasteiger partial charge in [-0.25, -0.2) is 0 Å². The lowest BCUT2D eigenvalue weighted by atomic mass is 9.76. The van der Waals surface area contributed by atoms with Gasteiger partial charge in [-0.1, -0.05) is 17.7 Å². The summed E-state index contributed by atoms with van der Waals surface area (Å²) in [5.74, 6) is 1.03. The van der Waals surface area contributed by atoms with E-state index in [0.717, 1.165) is 44.5 Å². The molecule has 3 heteroatoms. The first kappa shape index (κ1) is 12.9. The van der Waals surface area contributed by atoms with Crippen LogP contribution in [0.4, 0.5) is 0 Å². The van der Waals surface area contributed by atoms with Gasteiger partial charge < -0.3 is 15.2 Å². The Balaban J connectivity index is 1.69. The molecule has 19 heavy (non-hydrogen) atoms. The normalized spacial score (nSPS) is 29.9. The van der Waals surface area contributed by atoms with E-state index in [9.17, 15) is 5.11 Å². The molecule has 1 aromatic carbocycles. The van der Waals surface area contributed by atoms with Crippen LogP contribution < -0.4 is 10.1 Å². The van der Waals surface area contributed by atoms with Crippen LogP contribution in [-0.4, -0.2) is 30.9 Å². The van der Waals surface area contributed by atoms with Gasteiger partial charge in [0.2, 0.25) is 0 Å². The predicted octanol–water partition coefficient (Wildman–Crippen LogP) is 2.05. The van der Waals surface area contributed by atoms with Crippen LogP contribution in [0.2, 0.25) is 0 Å². The van der Waals surface area contributed by atoms with Gasteiger partial charge >= 0.3 is 0 Å². The molecule has 2 aliphatic heterocycles. The van der Waals surface area contributed by atoms with Crippen LogP contribution in [0, 0.1) is 12.3 Å². The summed E-state index contributed by atoms with van der Waals surface area (Å²) in [4.78, 5) is 0. The molecule has 0 amide bonds. The van der Waals surface area contributed by atoms with Gasteiger partial charge in [-0.2, -0.15) is 0 Å². The highest BCUT2D eigenvalue weighted by Gasteiger charge is 2.36. The fourth-order valence-corrected chi connectivity index (χ4v) is 3.45. The highest BCUT2D eigenvalue weighted by molar-refractivity contribution is 5.40. The lowest BCUT2D eigenvalue weighted by Gasteiger charge is -2.37. The highest BCUT2D eigenvalue weighted by Crippen LogP contribution is 2.37. The van der Waals surface area contributed by atoms with Crippen molar-refractivity contribution in [1.82, 2.24) is 5.32 Å². The first-order valence-corrected chi connectivity index (χ1v) is 7.29. The first-order chi connectivity index (χ1) is 9.21. The van der Waals surface area contributed by atoms with E-state index in [4.69, 9.17) is 4.74 Å². The second-order valence-corrected chi connectivity index (χ2v) is 6.20. The van der Waals surface area contributed by atoms with Gasteiger partial charge in [0.25, 0.3) is 0 Å². The molecule has 2 unspecified atom stereocenters. The zero-order chi connectivity index (χ0) is 13.3. The molecule has 0 spiro atoms. The maximum absolute atomic E-state index is 9.77. The molecule has 0 bridgehead atoms. The molecule has 2 N–H and O–H groups in total. The van der Waals surface area contributed by atoms with Gasteiger partial charge in [0.05, 0.1) is 6.61 Å². The Morgan fingerprint density at radius 1 is 1.47 bits per heavy atom. The van der Waals surface area contributed by atoms with Crippen molar-refractivity contribution >= 4 is 0 Å². The third kappa shape index (κ3) is 2.63. The molecule has 3 nitrogen and oxygen atoms in total. The van der Waals surface area contributed by atoms with Crippen molar-refractivity contribution in [1.29, 1.82) is 0 Å². The maximum atomic E-state index is 9.77. The van der Waals surface area contributed by atoms with Crippen LogP contribution in [0.1, 0.15) is 30.4 Å². The van der Waals surface area contributed by atoms with E-state index in [1.165, 1.54) is 11.1 Å². The van der Waals surface area contributed by atoms with Crippen LogP contribution in [-0.2, 0) is 6.42 Å². The second kappa shape index (κ2) is 5.14. The number of nitrogens with one attached hydrogen (secondary N) is 1. The van der Waals surface area contributed by atoms with E-state index in [-0.39, 0.29) is 18.1 Å². The average Bonchev–Trinajstić information content (AvgIpc) is 2.81. The van der Waals surface area contributed by atoms with Crippen molar-refractivity contribution in [2.45, 2.75) is 38.7 Å². The molecule has 104 valence electrons. The van der Waals surface area contributed by atoms with Crippen molar-refractivity contribution in [3.8, 4) is 5.75 Å². The molecule has 0 radical (unpaired) electrons. The Kier molecular flexibility index (Phi) is 3.50. The number of hydrogen-bond donors (Lipinski definition) is 2. The quantitative estimate of drug-likeness (QED) is 0.875. The Labute approximate surface area is 115 Å². The summed E-state index contributed by atoms with van der Waals surface area (Å²) in [5, 5.41) is 13.2. The van der Waals surface area contributed by atoms with Crippen molar-refractivity contribution in [2.24, 2.45) is 5.41 Å². The number of benzene rings is 1. The number of fused-ring (bicyclic) bond motifs is 1. The number of hydrogen-bond acceptors (Lipinski definition) is 3. The molecular formula is C16H23NO2. The van der Waals surface area contributed by atoms with E-state index in [2.05, 4.69) is 30.4 Å². The van der Waals surface area contributed by atoms with Crippen molar-refractivity contribution in [3.05, 3.63) is 29.3 Å². The molecular weight excluding hydrogens is 238 g/mol. The molecule has 0 saturated carbocycles. The molecule has 1 fully saturated rings. The monoisotopic (exact) mass is 261 g/mol. The Morgan fingerprint density at radius 2 is 2.37 bits per heavy atom. The number of aliphatic hydroxyl groups is 1. The highest BCUT2D eigenvalue weighted by atomic mass is 16.5. The number of aryl methyl sites for hydroxylation is 1. The molecule has 2 atom stereocenters. The lowest BCUT2D eigenvalue weighted by molar-refractivity contribution is 0.0475. The van der Waals surface area contributed by atoms with Crippen LogP contribution in [0.5, 0.6) is 5.75 Å². The fourth-order valence-electron chi connectivity index (χ4n) is 3.45. The summed E-state index contributed by atoms with van der Waals surface area (Å²) in [6, 6.07) is 6.40. The van der Waals surface area contributed by atoms with Crippen LogP contribution in [0.3, 0.4) is 0 Å². The van der Waals surface area contributed by atoms with Gasteiger partial charge in [-0.3, -0.25) is 0 Å². The minimum absolute atomic E-state index is 0.0139. The van der Waals surface area contributed by atoms with Crippen molar-refractivity contribution in [2.75, 3.05) is 19.7 Å². The lowest BCUT2D eigenvalue weighted by Crippen LogP contribution is -2.45. The smallest absolute Gasteiger partial charge is 0.123 e. The second-order valence-electron chi connectivity index (χ2n) is 6.20. The summed E-state index contributed by atoms with van der Waals surface area (Å²) in [7, 11) is 0. The Bertz CT molecular complexity index is 452. The molecule has 1 aromatic rings.